The number of aliphatic imine (C=N–C) groups is 1. The molecule has 4 N–H and O–H groups in total. The summed E-state index contributed by atoms with van der Waals surface area (Å²) in [4.78, 5) is 16.9. The lowest BCUT2D eigenvalue weighted by Gasteiger charge is -2.53. The molecule has 0 unspecified atom stereocenters. The molecule has 0 aliphatic carbocycles. The van der Waals surface area contributed by atoms with Gasteiger partial charge in [-0.3, -0.25) is 0 Å². The Morgan fingerprint density at radius 3 is 2.65 bits per heavy atom. The van der Waals surface area contributed by atoms with E-state index < -0.39 is 33.2 Å². The Labute approximate surface area is 216 Å². The standard InChI is InChI=1S/C25H25F3N6O2S/c1-6-11-36-18-13-31-19-17(33-18)9-10-30-20(19)32-14-7-8-16(26)15(12-14)23(4)25(27,28)24(5,22(2,3)35)37-21(29)34-23/h1,7-10,12-13,35H,11H2,2-5H3,(H2,29,34)(H,30,32)/t23-,24+/m1/s1. The maximum atomic E-state index is 16.1. The first-order valence-electron chi connectivity index (χ1n) is 11.1. The van der Waals surface area contributed by atoms with Gasteiger partial charge in [0.2, 0.25) is 5.88 Å². The molecule has 3 heterocycles. The first-order valence-corrected chi connectivity index (χ1v) is 11.9. The van der Waals surface area contributed by atoms with Crippen LogP contribution in [0.5, 0.6) is 5.88 Å². The number of hydrogen-bond donors (Lipinski definition) is 3. The van der Waals surface area contributed by atoms with Crippen molar-refractivity contribution in [2.75, 3.05) is 11.9 Å². The van der Waals surface area contributed by atoms with Crippen LogP contribution >= 0.6 is 11.8 Å². The molecule has 1 aliphatic heterocycles. The largest absolute Gasteiger partial charge is 0.463 e. The smallest absolute Gasteiger partial charge is 0.294 e. The number of halogens is 3. The lowest BCUT2D eigenvalue weighted by atomic mass is 9.73. The summed E-state index contributed by atoms with van der Waals surface area (Å²) in [5.74, 6) is -1.81. The molecule has 0 saturated heterocycles. The third-order valence-electron chi connectivity index (χ3n) is 6.52. The summed E-state index contributed by atoms with van der Waals surface area (Å²) in [6.07, 6.45) is 8.05. The highest BCUT2D eigenvalue weighted by atomic mass is 32.2. The molecular weight excluding hydrogens is 505 g/mol. The van der Waals surface area contributed by atoms with Crippen LogP contribution < -0.4 is 15.8 Å². The van der Waals surface area contributed by atoms with Gasteiger partial charge >= 0.3 is 0 Å². The van der Waals surface area contributed by atoms with Crippen LogP contribution in [0.15, 0.2) is 41.7 Å². The number of aliphatic hydroxyl groups is 1. The van der Waals surface area contributed by atoms with Crippen LogP contribution in [0.1, 0.15) is 33.3 Å². The van der Waals surface area contributed by atoms with Crippen molar-refractivity contribution in [2.24, 2.45) is 10.7 Å². The summed E-state index contributed by atoms with van der Waals surface area (Å²) < 4.78 is 50.6. The number of pyridine rings is 1. The first kappa shape index (κ1) is 26.5. The molecule has 0 spiro atoms. The number of thioether (sulfide) groups is 1. The van der Waals surface area contributed by atoms with Crippen LogP contribution in [0, 0.1) is 18.2 Å². The van der Waals surface area contributed by atoms with Gasteiger partial charge < -0.3 is 20.9 Å². The van der Waals surface area contributed by atoms with Crippen LogP contribution in [-0.2, 0) is 5.54 Å². The van der Waals surface area contributed by atoms with Gasteiger partial charge in [0.25, 0.3) is 5.92 Å². The fourth-order valence-electron chi connectivity index (χ4n) is 4.11. The molecule has 0 amide bonds. The molecular formula is C25H25F3N6O2S. The number of aromatic nitrogens is 3. The molecule has 12 heteroatoms. The topological polar surface area (TPSA) is 119 Å². The van der Waals surface area contributed by atoms with E-state index in [-0.39, 0.29) is 29.2 Å². The minimum absolute atomic E-state index is 0.0240. The number of nitrogens with zero attached hydrogens (tertiary/aromatic N) is 4. The van der Waals surface area contributed by atoms with Crippen LogP contribution in [0.2, 0.25) is 0 Å². The molecule has 0 radical (unpaired) electrons. The third kappa shape index (κ3) is 4.32. The quantitative estimate of drug-likeness (QED) is 0.403. The molecule has 0 saturated carbocycles. The Balaban J connectivity index is 1.78. The Hall–Kier alpha value is -3.56. The van der Waals surface area contributed by atoms with Gasteiger partial charge in [0, 0.05) is 17.4 Å². The summed E-state index contributed by atoms with van der Waals surface area (Å²) >= 11 is 0.563. The molecule has 194 valence electrons. The van der Waals surface area contributed by atoms with Crippen molar-refractivity contribution < 1.29 is 23.0 Å². The minimum atomic E-state index is -3.72. The number of terminal acetylenes is 1. The van der Waals surface area contributed by atoms with Gasteiger partial charge in [-0.2, -0.15) is 0 Å². The molecule has 4 rings (SSSR count). The molecule has 2 aromatic heterocycles. The minimum Gasteiger partial charge on any atom is -0.463 e. The number of fused-ring (bicyclic) bond motifs is 1. The predicted octanol–water partition coefficient (Wildman–Crippen LogP) is 4.36. The normalized spacial score (nSPS) is 23.3. The van der Waals surface area contributed by atoms with E-state index in [9.17, 15) is 5.11 Å². The third-order valence-corrected chi connectivity index (χ3v) is 7.98. The second-order valence-corrected chi connectivity index (χ2v) is 10.8. The molecule has 1 aliphatic rings. The van der Waals surface area contributed by atoms with Gasteiger partial charge in [-0.1, -0.05) is 17.7 Å². The van der Waals surface area contributed by atoms with E-state index in [1.807, 2.05) is 0 Å². The number of rotatable bonds is 6. The summed E-state index contributed by atoms with van der Waals surface area (Å²) in [6, 6.07) is 5.26. The molecule has 0 bridgehead atoms. The molecule has 2 atom stereocenters. The van der Waals surface area contributed by atoms with Crippen molar-refractivity contribution in [3.8, 4) is 18.2 Å². The summed E-state index contributed by atoms with van der Waals surface area (Å²) in [6.45, 7) is 4.84. The zero-order valence-corrected chi connectivity index (χ0v) is 21.3. The summed E-state index contributed by atoms with van der Waals surface area (Å²) in [5, 5.41) is 13.5. The van der Waals surface area contributed by atoms with Gasteiger partial charge in [-0.15, -0.1) is 6.42 Å². The molecule has 3 aromatic rings. The van der Waals surface area contributed by atoms with E-state index in [4.69, 9.17) is 16.9 Å². The number of alkyl halides is 2. The first-order chi connectivity index (χ1) is 17.2. The van der Waals surface area contributed by atoms with Gasteiger partial charge in [-0.25, -0.2) is 33.1 Å². The average molecular weight is 531 g/mol. The summed E-state index contributed by atoms with van der Waals surface area (Å²) in [5.41, 5.74) is 2.28. The molecule has 0 fully saturated rings. The Morgan fingerprint density at radius 2 is 1.97 bits per heavy atom. The second kappa shape index (κ2) is 9.08. The van der Waals surface area contributed by atoms with E-state index >= 15 is 13.2 Å². The highest BCUT2D eigenvalue weighted by molar-refractivity contribution is 8.15. The van der Waals surface area contributed by atoms with Crippen molar-refractivity contribution in [2.45, 2.75) is 49.5 Å². The number of benzene rings is 1. The highest BCUT2D eigenvalue weighted by Gasteiger charge is 2.71. The number of ether oxygens (including phenoxy) is 1. The maximum absolute atomic E-state index is 16.1. The lowest BCUT2D eigenvalue weighted by Crippen LogP contribution is -2.67. The molecule has 1 aromatic carbocycles. The number of hydrogen-bond acceptors (Lipinski definition) is 9. The van der Waals surface area contributed by atoms with Crippen molar-refractivity contribution in [3.63, 3.8) is 0 Å². The van der Waals surface area contributed by atoms with Crippen LogP contribution in [-0.4, -0.2) is 48.1 Å². The lowest BCUT2D eigenvalue weighted by molar-refractivity contribution is -0.151. The zero-order valence-electron chi connectivity index (χ0n) is 20.5. The van der Waals surface area contributed by atoms with E-state index in [0.29, 0.717) is 22.8 Å². The van der Waals surface area contributed by atoms with Gasteiger partial charge in [0.15, 0.2) is 23.1 Å². The number of amidine groups is 1. The van der Waals surface area contributed by atoms with Crippen LogP contribution in [0.4, 0.5) is 24.7 Å². The maximum Gasteiger partial charge on any atom is 0.294 e. The van der Waals surface area contributed by atoms with Gasteiger partial charge in [-0.05, 0) is 52.0 Å². The van der Waals surface area contributed by atoms with E-state index in [1.54, 1.807) is 6.07 Å². The van der Waals surface area contributed by atoms with Gasteiger partial charge in [0.1, 0.15) is 16.1 Å². The van der Waals surface area contributed by atoms with Crippen molar-refractivity contribution in [1.29, 1.82) is 0 Å². The molecule has 37 heavy (non-hydrogen) atoms. The zero-order chi connectivity index (χ0) is 27.2. The Morgan fingerprint density at radius 1 is 1.24 bits per heavy atom. The number of nitrogens with two attached hydrogens (primary N) is 1. The van der Waals surface area contributed by atoms with Crippen molar-refractivity contribution in [1.82, 2.24) is 15.0 Å². The fourth-order valence-corrected chi connectivity index (χ4v) is 5.33. The average Bonchev–Trinajstić information content (AvgIpc) is 2.82. The Kier molecular flexibility index (Phi) is 6.50. The summed E-state index contributed by atoms with van der Waals surface area (Å²) in [7, 11) is 0. The highest BCUT2D eigenvalue weighted by Crippen LogP contribution is 2.60. The van der Waals surface area contributed by atoms with E-state index in [1.165, 1.54) is 45.3 Å². The number of nitrogens with one attached hydrogen (secondary N) is 1. The van der Waals surface area contributed by atoms with Gasteiger partial charge in [0.05, 0.1) is 17.3 Å². The van der Waals surface area contributed by atoms with Crippen molar-refractivity contribution in [3.05, 3.63) is 48.0 Å². The second-order valence-electron chi connectivity index (χ2n) is 9.34. The number of anilines is 2. The fraction of sp³-hybridized carbons (Fsp3) is 0.360. The van der Waals surface area contributed by atoms with E-state index in [0.717, 1.165) is 13.0 Å². The van der Waals surface area contributed by atoms with Crippen LogP contribution in [0.3, 0.4) is 0 Å². The SMILES string of the molecule is C#CCOc1cnc2c(Nc3ccc(F)c([C@@]4(C)N=C(N)S[C@@](C)(C(C)(C)O)C4(F)F)c3)nccc2n1. The monoisotopic (exact) mass is 530 g/mol. The molecule has 8 nitrogen and oxygen atoms in total. The van der Waals surface area contributed by atoms with E-state index in [2.05, 4.69) is 31.2 Å². The van der Waals surface area contributed by atoms with Crippen molar-refractivity contribution >= 4 is 39.5 Å². The van der Waals surface area contributed by atoms with Crippen LogP contribution in [0.25, 0.3) is 11.0 Å². The Bertz CT molecular complexity index is 1440. The predicted molar refractivity (Wildman–Crippen MR) is 138 cm³/mol.